The molecule has 1 aliphatic heterocycles. The zero-order valence-electron chi connectivity index (χ0n) is 13.3. The number of thioether (sulfide) groups is 1. The maximum Gasteiger partial charge on any atom is 0.238 e. The zero-order chi connectivity index (χ0) is 16.6. The van der Waals surface area contributed by atoms with Crippen molar-refractivity contribution in [3.8, 4) is 0 Å². The topological polar surface area (TPSA) is 87.9 Å². The van der Waals surface area contributed by atoms with Crippen LogP contribution in [-0.2, 0) is 4.79 Å². The first-order valence-electron chi connectivity index (χ1n) is 7.31. The van der Waals surface area contributed by atoms with E-state index in [9.17, 15) is 4.79 Å². The van der Waals surface area contributed by atoms with E-state index in [1.807, 2.05) is 43.0 Å². The second-order valence-electron chi connectivity index (χ2n) is 6.02. The monoisotopic (exact) mass is 329 g/mol. The fourth-order valence-electron chi connectivity index (χ4n) is 2.95. The third-order valence-corrected chi connectivity index (χ3v) is 4.60. The van der Waals surface area contributed by atoms with Crippen molar-refractivity contribution < 1.29 is 4.79 Å². The molecule has 120 valence electrons. The number of rotatable bonds is 3. The Morgan fingerprint density at radius 2 is 2.13 bits per heavy atom. The highest BCUT2D eigenvalue weighted by atomic mass is 32.2. The number of nitrogen functional groups attached to an aromatic ring is 1. The standard InChI is InChI=1S/C16H19N5OS/c1-10-8-16(2,3)21(12-7-5-4-6-11(10)12)13(22)9-23-15-18-14(17)19-20-15/h4-8H,9H2,1-3H3,(H3,17,18,19,20). The summed E-state index contributed by atoms with van der Waals surface area (Å²) in [7, 11) is 0. The first kappa shape index (κ1) is 15.6. The van der Waals surface area contributed by atoms with Crippen LogP contribution in [0.25, 0.3) is 5.57 Å². The lowest BCUT2D eigenvalue weighted by Crippen LogP contribution is -2.49. The van der Waals surface area contributed by atoms with Gasteiger partial charge >= 0.3 is 0 Å². The van der Waals surface area contributed by atoms with Crippen molar-refractivity contribution in [2.45, 2.75) is 31.5 Å². The lowest BCUT2D eigenvalue weighted by Gasteiger charge is -2.41. The van der Waals surface area contributed by atoms with Crippen LogP contribution in [0.3, 0.4) is 0 Å². The van der Waals surface area contributed by atoms with Crippen LogP contribution >= 0.6 is 11.8 Å². The number of nitrogens with two attached hydrogens (primary N) is 1. The molecule has 0 fully saturated rings. The molecule has 23 heavy (non-hydrogen) atoms. The van der Waals surface area contributed by atoms with Crippen LogP contribution in [-0.4, -0.2) is 32.4 Å². The number of nitrogens with zero attached hydrogens (tertiary/aromatic N) is 3. The van der Waals surface area contributed by atoms with Gasteiger partial charge in [0.25, 0.3) is 0 Å². The number of fused-ring (bicyclic) bond motifs is 1. The van der Waals surface area contributed by atoms with Crippen molar-refractivity contribution in [2.24, 2.45) is 0 Å². The van der Waals surface area contributed by atoms with Gasteiger partial charge in [0.2, 0.25) is 17.0 Å². The van der Waals surface area contributed by atoms with E-state index in [0.29, 0.717) is 5.16 Å². The molecule has 1 aromatic carbocycles. The van der Waals surface area contributed by atoms with Crippen molar-refractivity contribution in [3.63, 3.8) is 0 Å². The molecule has 3 N–H and O–H groups in total. The fourth-order valence-corrected chi connectivity index (χ4v) is 3.61. The van der Waals surface area contributed by atoms with Gasteiger partial charge in [0.1, 0.15) is 0 Å². The lowest BCUT2D eigenvalue weighted by atomic mass is 9.89. The number of para-hydroxylation sites is 1. The summed E-state index contributed by atoms with van der Waals surface area (Å²) in [6.45, 7) is 6.16. The van der Waals surface area contributed by atoms with Gasteiger partial charge in [-0.1, -0.05) is 36.0 Å². The number of aromatic nitrogens is 3. The minimum Gasteiger partial charge on any atom is -0.368 e. The molecule has 0 saturated carbocycles. The Balaban J connectivity index is 1.86. The molecule has 0 saturated heterocycles. The molecule has 0 radical (unpaired) electrons. The Hall–Kier alpha value is -2.28. The van der Waals surface area contributed by atoms with Gasteiger partial charge in [-0.3, -0.25) is 4.79 Å². The molecule has 0 spiro atoms. The molecule has 2 aromatic rings. The number of nitrogens with one attached hydrogen (secondary N) is 1. The number of hydrogen-bond acceptors (Lipinski definition) is 5. The molecule has 0 atom stereocenters. The third kappa shape index (κ3) is 2.96. The molecule has 1 aromatic heterocycles. The highest BCUT2D eigenvalue weighted by Gasteiger charge is 2.35. The molecule has 0 aliphatic carbocycles. The Bertz CT molecular complexity index is 780. The molecule has 6 nitrogen and oxygen atoms in total. The summed E-state index contributed by atoms with van der Waals surface area (Å²) in [4.78, 5) is 18.7. The van der Waals surface area contributed by atoms with Crippen molar-refractivity contribution in [1.29, 1.82) is 0 Å². The first-order valence-corrected chi connectivity index (χ1v) is 8.29. The van der Waals surface area contributed by atoms with Gasteiger partial charge in [-0.25, -0.2) is 5.10 Å². The molecule has 0 bridgehead atoms. The highest BCUT2D eigenvalue weighted by molar-refractivity contribution is 7.99. The van der Waals surface area contributed by atoms with Gasteiger partial charge in [-0.05, 0) is 32.4 Å². The van der Waals surface area contributed by atoms with Crippen molar-refractivity contribution in [1.82, 2.24) is 15.2 Å². The number of anilines is 2. The smallest absolute Gasteiger partial charge is 0.238 e. The molecule has 2 heterocycles. The SMILES string of the molecule is CC1=CC(C)(C)N(C(=O)CSc2n[nH]c(N)n2)c2ccccc21. The number of hydrogen-bond donors (Lipinski definition) is 2. The Kier molecular flexibility index (Phi) is 3.89. The highest BCUT2D eigenvalue weighted by Crippen LogP contribution is 2.39. The fraction of sp³-hybridized carbons (Fsp3) is 0.312. The van der Waals surface area contributed by atoms with Crippen LogP contribution < -0.4 is 10.6 Å². The largest absolute Gasteiger partial charge is 0.368 e. The average molecular weight is 329 g/mol. The number of allylic oxidation sites excluding steroid dienone is 1. The Morgan fingerprint density at radius 3 is 2.83 bits per heavy atom. The molecule has 0 unspecified atom stereocenters. The molecular weight excluding hydrogens is 310 g/mol. The third-order valence-electron chi connectivity index (χ3n) is 3.77. The van der Waals surface area contributed by atoms with Crippen molar-refractivity contribution in [2.75, 3.05) is 16.4 Å². The minimum atomic E-state index is -0.381. The van der Waals surface area contributed by atoms with E-state index in [2.05, 4.69) is 28.2 Å². The number of carbonyl (C=O) groups is 1. The van der Waals surface area contributed by atoms with Crippen molar-refractivity contribution in [3.05, 3.63) is 35.9 Å². The normalized spacial score (nSPS) is 16.0. The summed E-state index contributed by atoms with van der Waals surface area (Å²) in [5.41, 5.74) is 8.34. The van der Waals surface area contributed by atoms with E-state index in [4.69, 9.17) is 5.73 Å². The van der Waals surface area contributed by atoms with E-state index in [1.165, 1.54) is 17.3 Å². The maximum absolute atomic E-state index is 12.8. The molecule has 3 rings (SSSR count). The number of carbonyl (C=O) groups excluding carboxylic acids is 1. The Morgan fingerprint density at radius 1 is 1.39 bits per heavy atom. The van der Waals surface area contributed by atoms with E-state index in [-0.39, 0.29) is 23.1 Å². The Labute approximate surface area is 139 Å². The second kappa shape index (κ2) is 5.73. The van der Waals surface area contributed by atoms with Crippen LogP contribution in [0.15, 0.2) is 35.5 Å². The summed E-state index contributed by atoms with van der Waals surface area (Å²) in [5.74, 6) is 0.517. The van der Waals surface area contributed by atoms with Crippen LogP contribution in [0.5, 0.6) is 0 Å². The minimum absolute atomic E-state index is 0.0135. The lowest BCUT2D eigenvalue weighted by molar-refractivity contribution is -0.116. The van der Waals surface area contributed by atoms with Crippen LogP contribution in [0.4, 0.5) is 11.6 Å². The predicted molar refractivity (Wildman–Crippen MR) is 93.2 cm³/mol. The van der Waals surface area contributed by atoms with E-state index >= 15 is 0 Å². The maximum atomic E-state index is 12.8. The predicted octanol–water partition coefficient (Wildman–Crippen LogP) is 2.71. The van der Waals surface area contributed by atoms with Gasteiger partial charge in [-0.2, -0.15) is 4.98 Å². The summed E-state index contributed by atoms with van der Waals surface area (Å²) >= 11 is 1.27. The quantitative estimate of drug-likeness (QED) is 0.845. The molecule has 7 heteroatoms. The molecule has 1 aliphatic rings. The van der Waals surface area contributed by atoms with Gasteiger partial charge in [0.05, 0.1) is 17.0 Å². The average Bonchev–Trinajstić information content (AvgIpc) is 2.90. The molecular formula is C16H19N5OS. The number of aromatic amines is 1. The van der Waals surface area contributed by atoms with Crippen LogP contribution in [0.2, 0.25) is 0 Å². The summed E-state index contributed by atoms with van der Waals surface area (Å²) in [6, 6.07) is 7.97. The van der Waals surface area contributed by atoms with Gasteiger partial charge in [-0.15, -0.1) is 5.10 Å². The zero-order valence-corrected chi connectivity index (χ0v) is 14.1. The second-order valence-corrected chi connectivity index (χ2v) is 6.96. The van der Waals surface area contributed by atoms with Gasteiger partial charge in [0.15, 0.2) is 0 Å². The van der Waals surface area contributed by atoms with Crippen LogP contribution in [0.1, 0.15) is 26.3 Å². The number of H-pyrrole nitrogens is 1. The molecule has 1 amide bonds. The van der Waals surface area contributed by atoms with E-state index in [1.54, 1.807) is 0 Å². The first-order chi connectivity index (χ1) is 10.9. The summed E-state index contributed by atoms with van der Waals surface area (Å²) < 4.78 is 0. The van der Waals surface area contributed by atoms with E-state index < -0.39 is 0 Å². The van der Waals surface area contributed by atoms with Gasteiger partial charge < -0.3 is 10.6 Å². The summed E-state index contributed by atoms with van der Waals surface area (Å²) in [5, 5.41) is 6.99. The van der Waals surface area contributed by atoms with Gasteiger partial charge in [0, 0.05) is 5.56 Å². The number of amides is 1. The van der Waals surface area contributed by atoms with Crippen LogP contribution in [0, 0.1) is 0 Å². The number of benzene rings is 1. The summed E-state index contributed by atoms with van der Waals surface area (Å²) in [6.07, 6.45) is 2.13. The van der Waals surface area contributed by atoms with Crippen molar-refractivity contribution >= 4 is 34.9 Å². The van der Waals surface area contributed by atoms with E-state index in [0.717, 1.165) is 11.3 Å².